The second kappa shape index (κ2) is 5.08. The molecule has 0 spiro atoms. The van der Waals surface area contributed by atoms with Crippen LogP contribution in [0, 0.1) is 0 Å². The van der Waals surface area contributed by atoms with Crippen molar-refractivity contribution in [2.24, 2.45) is 7.05 Å². The topological polar surface area (TPSA) is 62.5 Å². The van der Waals surface area contributed by atoms with Crippen molar-refractivity contribution < 1.29 is 13.5 Å². The second-order valence-corrected chi connectivity index (χ2v) is 8.41. The number of rotatable bonds is 3. The Hall–Kier alpha value is -1.37. The van der Waals surface area contributed by atoms with E-state index in [9.17, 15) is 13.5 Å². The highest BCUT2D eigenvalue weighted by molar-refractivity contribution is 7.89. The van der Waals surface area contributed by atoms with Crippen LogP contribution in [0.2, 0.25) is 0 Å². The predicted molar refractivity (Wildman–Crippen MR) is 86.1 cm³/mol. The smallest absolute Gasteiger partial charge is 0.245 e. The molecular weight excluding hydrogens is 300 g/mol. The summed E-state index contributed by atoms with van der Waals surface area (Å²) in [6.45, 7) is 3.81. The number of para-hydroxylation sites is 1. The fraction of sp³-hybridized carbons (Fsp3) is 0.500. The molecule has 3 rings (SSSR count). The van der Waals surface area contributed by atoms with E-state index in [1.54, 1.807) is 20.0 Å². The van der Waals surface area contributed by atoms with Crippen LogP contribution in [0.3, 0.4) is 0 Å². The Kier molecular flexibility index (Phi) is 3.58. The molecule has 5 nitrogen and oxygen atoms in total. The summed E-state index contributed by atoms with van der Waals surface area (Å²) in [5, 5.41) is 11.0. The van der Waals surface area contributed by atoms with Gasteiger partial charge in [0.1, 0.15) is 4.90 Å². The fourth-order valence-electron chi connectivity index (χ4n) is 3.37. The van der Waals surface area contributed by atoms with Crippen LogP contribution in [-0.2, 0) is 17.1 Å². The number of sulfonamides is 1. The van der Waals surface area contributed by atoms with Crippen molar-refractivity contribution in [2.75, 3.05) is 6.54 Å². The van der Waals surface area contributed by atoms with Gasteiger partial charge in [0.15, 0.2) is 0 Å². The molecule has 1 aromatic heterocycles. The van der Waals surface area contributed by atoms with Gasteiger partial charge in [-0.1, -0.05) is 18.2 Å². The van der Waals surface area contributed by atoms with Crippen LogP contribution in [0.25, 0.3) is 10.9 Å². The molecule has 0 unspecified atom stereocenters. The first-order valence-corrected chi connectivity index (χ1v) is 8.95. The van der Waals surface area contributed by atoms with Crippen molar-refractivity contribution in [1.29, 1.82) is 0 Å². The molecule has 1 atom stereocenters. The first-order valence-electron chi connectivity index (χ1n) is 7.51. The van der Waals surface area contributed by atoms with Crippen molar-refractivity contribution in [1.82, 2.24) is 8.87 Å². The zero-order valence-corrected chi connectivity index (χ0v) is 14.0. The number of benzene rings is 1. The Bertz CT molecular complexity index is 802. The summed E-state index contributed by atoms with van der Waals surface area (Å²) in [5.74, 6) is 0. The van der Waals surface area contributed by atoms with Crippen LogP contribution < -0.4 is 0 Å². The minimum Gasteiger partial charge on any atom is -0.389 e. The van der Waals surface area contributed by atoms with Crippen LogP contribution in [0.15, 0.2) is 35.4 Å². The van der Waals surface area contributed by atoms with Crippen LogP contribution in [0.5, 0.6) is 0 Å². The van der Waals surface area contributed by atoms with E-state index in [0.717, 1.165) is 17.3 Å². The lowest BCUT2D eigenvalue weighted by molar-refractivity contribution is 0.0215. The molecule has 0 amide bonds. The van der Waals surface area contributed by atoms with Gasteiger partial charge in [0.2, 0.25) is 10.0 Å². The molecular formula is C16H22N2O3S. The minimum atomic E-state index is -3.62. The standard InChI is InChI=1S/C16H22N2O3S/c1-16(2,19)15-9-6-10-18(15)22(20,21)14-11-17(3)13-8-5-4-7-12(13)14/h4-5,7-8,11,15,19H,6,9-10H2,1-3H3/t15-/m0/s1. The van der Waals surface area contributed by atoms with E-state index in [1.807, 2.05) is 35.9 Å². The quantitative estimate of drug-likeness (QED) is 0.941. The highest BCUT2D eigenvalue weighted by Crippen LogP contribution is 2.35. The molecule has 0 saturated carbocycles. The molecule has 0 radical (unpaired) electrons. The maximum atomic E-state index is 13.1. The van der Waals surface area contributed by atoms with E-state index in [-0.39, 0.29) is 6.04 Å². The Labute approximate surface area is 131 Å². The van der Waals surface area contributed by atoms with Crippen LogP contribution in [0.4, 0.5) is 0 Å². The van der Waals surface area contributed by atoms with Gasteiger partial charge in [-0.2, -0.15) is 4.31 Å². The summed E-state index contributed by atoms with van der Waals surface area (Å²) >= 11 is 0. The number of fused-ring (bicyclic) bond motifs is 1. The average Bonchev–Trinajstić information content (AvgIpc) is 3.04. The van der Waals surface area contributed by atoms with Crippen LogP contribution in [-0.4, -0.2) is 40.6 Å². The van der Waals surface area contributed by atoms with E-state index in [0.29, 0.717) is 17.9 Å². The minimum absolute atomic E-state index is 0.321. The van der Waals surface area contributed by atoms with Gasteiger partial charge in [-0.05, 0) is 32.8 Å². The van der Waals surface area contributed by atoms with Gasteiger partial charge < -0.3 is 9.67 Å². The lowest BCUT2D eigenvalue weighted by atomic mass is 9.98. The van der Waals surface area contributed by atoms with Gasteiger partial charge in [0.05, 0.1) is 11.6 Å². The van der Waals surface area contributed by atoms with Crippen molar-refractivity contribution in [3.05, 3.63) is 30.5 Å². The molecule has 120 valence electrons. The maximum absolute atomic E-state index is 13.1. The third-order valence-electron chi connectivity index (χ3n) is 4.47. The monoisotopic (exact) mass is 322 g/mol. The fourth-order valence-corrected chi connectivity index (χ4v) is 5.43. The van der Waals surface area contributed by atoms with Crippen LogP contribution in [0.1, 0.15) is 26.7 Å². The third kappa shape index (κ3) is 2.35. The van der Waals surface area contributed by atoms with Gasteiger partial charge in [-0.25, -0.2) is 8.42 Å². The third-order valence-corrected chi connectivity index (χ3v) is 6.40. The summed E-state index contributed by atoms with van der Waals surface area (Å²) < 4.78 is 29.5. The Morgan fingerprint density at radius 2 is 1.95 bits per heavy atom. The Balaban J connectivity index is 2.13. The molecule has 2 heterocycles. The summed E-state index contributed by atoms with van der Waals surface area (Å²) in [6, 6.07) is 7.10. The Morgan fingerprint density at radius 3 is 2.64 bits per heavy atom. The molecule has 2 aromatic rings. The zero-order chi connectivity index (χ0) is 16.1. The SMILES string of the molecule is Cn1cc(S(=O)(=O)N2CCC[C@H]2C(C)(C)O)c2ccccc21. The van der Waals surface area contributed by atoms with Gasteiger partial charge in [0.25, 0.3) is 0 Å². The van der Waals surface area contributed by atoms with Crippen molar-refractivity contribution in [3.63, 3.8) is 0 Å². The summed E-state index contributed by atoms with van der Waals surface area (Å²) in [5.41, 5.74) is -0.159. The predicted octanol–water partition coefficient (Wildman–Crippen LogP) is 2.10. The number of nitrogens with zero attached hydrogens (tertiary/aromatic N) is 2. The van der Waals surface area contributed by atoms with Gasteiger partial charge >= 0.3 is 0 Å². The second-order valence-electron chi connectivity index (χ2n) is 6.55. The van der Waals surface area contributed by atoms with Crippen molar-refractivity contribution >= 4 is 20.9 Å². The Morgan fingerprint density at radius 1 is 1.27 bits per heavy atom. The van der Waals surface area contributed by atoms with Crippen molar-refractivity contribution in [3.8, 4) is 0 Å². The largest absolute Gasteiger partial charge is 0.389 e. The molecule has 1 N–H and O–H groups in total. The molecule has 1 aromatic carbocycles. The van der Waals surface area contributed by atoms with E-state index in [2.05, 4.69) is 0 Å². The number of aryl methyl sites for hydroxylation is 1. The number of hydrogen-bond donors (Lipinski definition) is 1. The molecule has 1 fully saturated rings. The molecule has 6 heteroatoms. The molecule has 0 aliphatic carbocycles. The summed E-state index contributed by atoms with van der Waals surface area (Å²) in [4.78, 5) is 0.321. The average molecular weight is 322 g/mol. The maximum Gasteiger partial charge on any atom is 0.245 e. The highest BCUT2D eigenvalue weighted by Gasteiger charge is 2.43. The summed E-state index contributed by atoms with van der Waals surface area (Å²) in [6.07, 6.45) is 3.13. The molecule has 22 heavy (non-hydrogen) atoms. The van der Waals surface area contributed by atoms with Gasteiger partial charge in [-0.15, -0.1) is 0 Å². The lowest BCUT2D eigenvalue weighted by Crippen LogP contribution is -2.48. The highest BCUT2D eigenvalue weighted by atomic mass is 32.2. The van der Waals surface area contributed by atoms with Crippen LogP contribution >= 0.6 is 0 Å². The molecule has 0 bridgehead atoms. The summed E-state index contributed by atoms with van der Waals surface area (Å²) in [7, 11) is -1.78. The number of aromatic nitrogens is 1. The van der Waals surface area contributed by atoms with E-state index in [4.69, 9.17) is 0 Å². The first kappa shape index (κ1) is 15.5. The normalized spacial score (nSPS) is 20.8. The van der Waals surface area contributed by atoms with E-state index >= 15 is 0 Å². The van der Waals surface area contributed by atoms with E-state index < -0.39 is 15.6 Å². The van der Waals surface area contributed by atoms with Gasteiger partial charge in [-0.3, -0.25) is 0 Å². The number of aliphatic hydroxyl groups is 1. The number of hydrogen-bond acceptors (Lipinski definition) is 3. The van der Waals surface area contributed by atoms with Gasteiger partial charge in [0, 0.05) is 30.7 Å². The van der Waals surface area contributed by atoms with Crippen molar-refractivity contribution in [2.45, 2.75) is 43.2 Å². The lowest BCUT2D eigenvalue weighted by Gasteiger charge is -2.32. The first-order chi connectivity index (χ1) is 10.2. The molecule has 1 aliphatic rings. The zero-order valence-electron chi connectivity index (χ0n) is 13.2. The molecule has 1 saturated heterocycles. The van der Waals surface area contributed by atoms with E-state index in [1.165, 1.54) is 4.31 Å². The molecule has 1 aliphatic heterocycles.